The molecule has 8 heteroatoms. The van der Waals surface area contributed by atoms with Gasteiger partial charge < -0.3 is 5.32 Å². The minimum atomic E-state index is -3.65. The summed E-state index contributed by atoms with van der Waals surface area (Å²) in [6, 6.07) is 6.80. The van der Waals surface area contributed by atoms with Crippen LogP contribution in [-0.2, 0) is 16.6 Å². The Morgan fingerprint density at radius 2 is 2.19 bits per heavy atom. The van der Waals surface area contributed by atoms with Crippen LogP contribution < -0.4 is 5.32 Å². The van der Waals surface area contributed by atoms with Crippen molar-refractivity contribution in [3.8, 4) is 11.3 Å². The number of hydrogen-bond donors (Lipinski definition) is 1. The van der Waals surface area contributed by atoms with E-state index in [2.05, 4.69) is 30.7 Å². The van der Waals surface area contributed by atoms with Crippen LogP contribution in [0, 0.1) is 5.92 Å². The SMILES string of the molecule is C=CCN1Cc2sc(C(=O)NC[C@@H](C)CC)nc2-c2ccccc2S1(=O)=O. The lowest BCUT2D eigenvalue weighted by Gasteiger charge is -2.18. The molecule has 1 aliphatic rings. The van der Waals surface area contributed by atoms with Crippen molar-refractivity contribution in [3.05, 3.63) is 46.8 Å². The van der Waals surface area contributed by atoms with Gasteiger partial charge in [-0.2, -0.15) is 4.31 Å². The van der Waals surface area contributed by atoms with Crippen LogP contribution in [0.15, 0.2) is 41.8 Å². The molecule has 0 bridgehead atoms. The van der Waals surface area contributed by atoms with Gasteiger partial charge in [-0.3, -0.25) is 4.79 Å². The number of amides is 1. The number of benzene rings is 1. The molecule has 0 unspecified atom stereocenters. The molecule has 0 radical (unpaired) electrons. The first-order chi connectivity index (χ1) is 12.9. The molecule has 1 amide bonds. The van der Waals surface area contributed by atoms with E-state index in [1.165, 1.54) is 15.6 Å². The molecule has 0 spiro atoms. The lowest BCUT2D eigenvalue weighted by atomic mass is 10.1. The van der Waals surface area contributed by atoms with Crippen molar-refractivity contribution in [2.45, 2.75) is 31.7 Å². The third kappa shape index (κ3) is 3.83. The third-order valence-corrected chi connectivity index (χ3v) is 7.52. The highest BCUT2D eigenvalue weighted by Gasteiger charge is 2.34. The lowest BCUT2D eigenvalue weighted by Crippen LogP contribution is -2.29. The minimum Gasteiger partial charge on any atom is -0.350 e. The summed E-state index contributed by atoms with van der Waals surface area (Å²) in [6.07, 6.45) is 2.54. The molecule has 2 heterocycles. The predicted octanol–water partition coefficient (Wildman–Crippen LogP) is 3.28. The second kappa shape index (κ2) is 7.92. The first-order valence-electron chi connectivity index (χ1n) is 8.86. The third-order valence-electron chi connectivity index (χ3n) is 4.61. The molecule has 2 aromatic rings. The second-order valence-corrected chi connectivity index (χ2v) is 9.59. The molecule has 0 saturated heterocycles. The number of rotatable bonds is 6. The topological polar surface area (TPSA) is 79.4 Å². The minimum absolute atomic E-state index is 0.175. The monoisotopic (exact) mass is 405 g/mol. The molecule has 0 saturated carbocycles. The Balaban J connectivity index is 2.03. The second-order valence-electron chi connectivity index (χ2n) is 6.60. The van der Waals surface area contributed by atoms with E-state index in [0.717, 1.165) is 11.3 Å². The van der Waals surface area contributed by atoms with Crippen LogP contribution in [0.4, 0.5) is 0 Å². The largest absolute Gasteiger partial charge is 0.350 e. The molecule has 144 valence electrons. The zero-order valence-electron chi connectivity index (χ0n) is 15.4. The predicted molar refractivity (Wildman–Crippen MR) is 107 cm³/mol. The van der Waals surface area contributed by atoms with Crippen LogP contribution in [-0.4, -0.2) is 36.7 Å². The quantitative estimate of drug-likeness (QED) is 0.748. The molecule has 1 N–H and O–H groups in total. The number of thiazole rings is 1. The lowest BCUT2D eigenvalue weighted by molar-refractivity contribution is 0.0947. The van der Waals surface area contributed by atoms with Crippen molar-refractivity contribution in [3.63, 3.8) is 0 Å². The number of nitrogens with one attached hydrogen (secondary N) is 1. The van der Waals surface area contributed by atoms with Crippen LogP contribution in [0.1, 0.15) is 34.9 Å². The molecule has 3 rings (SSSR count). The maximum Gasteiger partial charge on any atom is 0.280 e. The van der Waals surface area contributed by atoms with E-state index in [9.17, 15) is 13.2 Å². The highest BCUT2D eigenvalue weighted by Crippen LogP contribution is 2.38. The number of sulfonamides is 1. The van der Waals surface area contributed by atoms with Gasteiger partial charge in [-0.1, -0.05) is 44.5 Å². The molecule has 1 aromatic heterocycles. The smallest absolute Gasteiger partial charge is 0.280 e. The molecular weight excluding hydrogens is 382 g/mol. The molecular formula is C19H23N3O3S2. The summed E-state index contributed by atoms with van der Waals surface area (Å²) in [6.45, 7) is 8.78. The van der Waals surface area contributed by atoms with E-state index in [1.54, 1.807) is 30.3 Å². The van der Waals surface area contributed by atoms with Crippen LogP contribution in [0.25, 0.3) is 11.3 Å². The van der Waals surface area contributed by atoms with Gasteiger partial charge in [-0.25, -0.2) is 13.4 Å². The van der Waals surface area contributed by atoms with Crippen LogP contribution >= 0.6 is 11.3 Å². The molecule has 0 fully saturated rings. The summed E-state index contributed by atoms with van der Waals surface area (Å²) < 4.78 is 27.3. The number of carbonyl (C=O) groups excluding carboxylic acids is 1. The van der Waals surface area contributed by atoms with Gasteiger partial charge in [0.05, 0.1) is 17.1 Å². The van der Waals surface area contributed by atoms with Gasteiger partial charge in [-0.15, -0.1) is 17.9 Å². The fourth-order valence-corrected chi connectivity index (χ4v) is 5.49. The highest BCUT2D eigenvalue weighted by molar-refractivity contribution is 7.89. The van der Waals surface area contributed by atoms with Crippen molar-refractivity contribution >= 4 is 27.3 Å². The van der Waals surface area contributed by atoms with Gasteiger partial charge in [0.25, 0.3) is 5.91 Å². The fourth-order valence-electron chi connectivity index (χ4n) is 2.83. The summed E-state index contributed by atoms with van der Waals surface area (Å²) in [5, 5.41) is 3.27. The zero-order valence-corrected chi connectivity index (χ0v) is 17.1. The molecule has 0 aliphatic carbocycles. The zero-order chi connectivity index (χ0) is 19.6. The molecule has 1 aromatic carbocycles. The average molecular weight is 406 g/mol. The molecule has 27 heavy (non-hydrogen) atoms. The first kappa shape index (κ1) is 19.7. The van der Waals surface area contributed by atoms with Gasteiger partial charge >= 0.3 is 0 Å². The number of aromatic nitrogens is 1. The number of nitrogens with zero attached hydrogens (tertiary/aromatic N) is 2. The maximum atomic E-state index is 13.0. The highest BCUT2D eigenvalue weighted by atomic mass is 32.2. The van der Waals surface area contributed by atoms with Gasteiger partial charge in [0.15, 0.2) is 5.01 Å². The number of carbonyl (C=O) groups is 1. The summed E-state index contributed by atoms with van der Waals surface area (Å²) in [5.41, 5.74) is 1.11. The van der Waals surface area contributed by atoms with Crippen molar-refractivity contribution in [1.29, 1.82) is 0 Å². The van der Waals surface area contributed by atoms with Crippen molar-refractivity contribution < 1.29 is 13.2 Å². The molecule has 1 aliphatic heterocycles. The van der Waals surface area contributed by atoms with E-state index in [-0.39, 0.29) is 23.9 Å². The maximum absolute atomic E-state index is 13.0. The van der Waals surface area contributed by atoms with Gasteiger partial charge in [-0.05, 0) is 12.0 Å². The Bertz CT molecular complexity index is 966. The van der Waals surface area contributed by atoms with Crippen LogP contribution in [0.3, 0.4) is 0 Å². The van der Waals surface area contributed by atoms with Crippen LogP contribution in [0.5, 0.6) is 0 Å². The van der Waals surface area contributed by atoms with E-state index >= 15 is 0 Å². The Morgan fingerprint density at radius 1 is 1.44 bits per heavy atom. The summed E-state index contributed by atoms with van der Waals surface area (Å²) >= 11 is 1.25. The van der Waals surface area contributed by atoms with E-state index < -0.39 is 10.0 Å². The number of hydrogen-bond acceptors (Lipinski definition) is 5. The molecule has 1 atom stereocenters. The summed E-state index contributed by atoms with van der Waals surface area (Å²) in [7, 11) is -3.65. The Hall–Kier alpha value is -2.03. The normalized spacial score (nSPS) is 16.7. The van der Waals surface area contributed by atoms with E-state index in [1.807, 2.05) is 0 Å². The Labute approximate surface area is 164 Å². The first-order valence-corrected chi connectivity index (χ1v) is 11.1. The van der Waals surface area contributed by atoms with Crippen LogP contribution in [0.2, 0.25) is 0 Å². The van der Waals surface area contributed by atoms with Gasteiger partial charge in [0.1, 0.15) is 0 Å². The van der Waals surface area contributed by atoms with Gasteiger partial charge in [0, 0.05) is 23.5 Å². The summed E-state index contributed by atoms with van der Waals surface area (Å²) in [4.78, 5) is 18.0. The number of fused-ring (bicyclic) bond motifs is 3. The van der Waals surface area contributed by atoms with E-state index in [4.69, 9.17) is 0 Å². The Morgan fingerprint density at radius 3 is 2.89 bits per heavy atom. The molecule has 6 nitrogen and oxygen atoms in total. The van der Waals surface area contributed by atoms with Crippen molar-refractivity contribution in [1.82, 2.24) is 14.6 Å². The fraction of sp³-hybridized carbons (Fsp3) is 0.368. The summed E-state index contributed by atoms with van der Waals surface area (Å²) in [5.74, 6) is 0.171. The van der Waals surface area contributed by atoms with E-state index in [0.29, 0.717) is 28.7 Å². The average Bonchev–Trinajstić information content (AvgIpc) is 3.06. The van der Waals surface area contributed by atoms with Crippen molar-refractivity contribution in [2.75, 3.05) is 13.1 Å². The van der Waals surface area contributed by atoms with Crippen molar-refractivity contribution in [2.24, 2.45) is 5.92 Å². The Kier molecular flexibility index (Phi) is 5.78. The standard InChI is InChI=1S/C19H23N3O3S2/c1-4-10-22-12-15-17(14-8-6-7-9-16(14)27(22,24)25)21-19(26-15)18(23)20-11-13(3)5-2/h4,6-9,13H,1,5,10-12H2,2-3H3,(H,20,23)/t13-/m0/s1. The van der Waals surface area contributed by atoms with Gasteiger partial charge in [0.2, 0.25) is 10.0 Å².